The number of hydrogen-bond acceptors (Lipinski definition) is 3. The molecule has 0 aliphatic carbocycles. The van der Waals surface area contributed by atoms with Gasteiger partial charge < -0.3 is 4.98 Å². The lowest BCUT2D eigenvalue weighted by molar-refractivity contribution is 0.581. The van der Waals surface area contributed by atoms with Crippen molar-refractivity contribution in [2.24, 2.45) is 0 Å². The van der Waals surface area contributed by atoms with E-state index in [1.54, 1.807) is 19.3 Å². The molecule has 0 saturated carbocycles. The number of sulfonamides is 1. The topological polar surface area (TPSA) is 74.8 Å². The highest BCUT2D eigenvalue weighted by Gasteiger charge is 2.05. The molecular formula is C6H11N3O2S. The molecule has 0 aliphatic heterocycles. The Balaban J connectivity index is 2.47. The molecule has 0 aliphatic rings. The van der Waals surface area contributed by atoms with E-state index in [1.165, 1.54) is 0 Å². The molecule has 5 nitrogen and oxygen atoms in total. The van der Waals surface area contributed by atoms with Crippen LogP contribution in [0.3, 0.4) is 0 Å². The summed E-state index contributed by atoms with van der Waals surface area (Å²) in [6.07, 6.45) is 3.23. The quantitative estimate of drug-likeness (QED) is 0.691. The van der Waals surface area contributed by atoms with E-state index < -0.39 is 10.0 Å². The molecule has 68 valence electrons. The Kier molecular flexibility index (Phi) is 2.83. The molecular weight excluding hydrogens is 178 g/mol. The number of rotatable bonds is 4. The van der Waals surface area contributed by atoms with Crippen molar-refractivity contribution in [2.45, 2.75) is 13.5 Å². The zero-order valence-electron chi connectivity index (χ0n) is 6.74. The lowest BCUT2D eigenvalue weighted by atomic mass is 10.6. The Labute approximate surface area is 71.3 Å². The van der Waals surface area contributed by atoms with E-state index in [-0.39, 0.29) is 12.3 Å². The van der Waals surface area contributed by atoms with Crippen molar-refractivity contribution in [3.63, 3.8) is 0 Å². The first kappa shape index (κ1) is 9.21. The lowest BCUT2D eigenvalue weighted by Gasteiger charge is -2.00. The zero-order valence-corrected chi connectivity index (χ0v) is 7.56. The molecule has 1 heterocycles. The zero-order chi connectivity index (χ0) is 9.03. The number of imidazole rings is 1. The second-order valence-corrected chi connectivity index (χ2v) is 4.36. The van der Waals surface area contributed by atoms with Gasteiger partial charge >= 0.3 is 0 Å². The Morgan fingerprint density at radius 2 is 2.42 bits per heavy atom. The third-order valence-electron chi connectivity index (χ3n) is 1.39. The van der Waals surface area contributed by atoms with Crippen LogP contribution in [0, 0.1) is 0 Å². The summed E-state index contributed by atoms with van der Waals surface area (Å²) in [5.41, 5.74) is 0. The first-order chi connectivity index (χ1) is 5.64. The van der Waals surface area contributed by atoms with Gasteiger partial charge in [-0.2, -0.15) is 0 Å². The van der Waals surface area contributed by atoms with E-state index >= 15 is 0 Å². The number of nitrogens with zero attached hydrogens (tertiary/aromatic N) is 1. The first-order valence-corrected chi connectivity index (χ1v) is 5.25. The molecule has 0 aromatic carbocycles. The summed E-state index contributed by atoms with van der Waals surface area (Å²) in [7, 11) is -3.11. The van der Waals surface area contributed by atoms with Crippen molar-refractivity contribution < 1.29 is 8.42 Å². The highest BCUT2D eigenvalue weighted by atomic mass is 32.2. The number of aromatic amines is 1. The molecule has 0 amide bonds. The van der Waals surface area contributed by atoms with Gasteiger partial charge in [-0.3, -0.25) is 0 Å². The number of H-pyrrole nitrogens is 1. The van der Waals surface area contributed by atoms with Gasteiger partial charge in [0.15, 0.2) is 0 Å². The van der Waals surface area contributed by atoms with Crippen LogP contribution >= 0.6 is 0 Å². The van der Waals surface area contributed by atoms with E-state index in [0.717, 1.165) is 0 Å². The van der Waals surface area contributed by atoms with Gasteiger partial charge in [-0.1, -0.05) is 0 Å². The van der Waals surface area contributed by atoms with Gasteiger partial charge in [0.05, 0.1) is 12.3 Å². The molecule has 0 radical (unpaired) electrons. The van der Waals surface area contributed by atoms with Gasteiger partial charge in [-0.25, -0.2) is 18.1 Å². The maximum absolute atomic E-state index is 10.9. The SMILES string of the molecule is CCS(=O)(=O)NCc1ncc[nH]1. The molecule has 0 atom stereocenters. The predicted octanol–water partition coefficient (Wildman–Crippen LogP) is -0.151. The molecule has 2 N–H and O–H groups in total. The van der Waals surface area contributed by atoms with E-state index in [4.69, 9.17) is 0 Å². The first-order valence-electron chi connectivity index (χ1n) is 3.59. The van der Waals surface area contributed by atoms with Gasteiger partial charge in [-0.05, 0) is 6.92 Å². The van der Waals surface area contributed by atoms with Gasteiger partial charge in [0, 0.05) is 12.4 Å². The fourth-order valence-corrected chi connectivity index (χ4v) is 1.24. The van der Waals surface area contributed by atoms with Gasteiger partial charge in [-0.15, -0.1) is 0 Å². The largest absolute Gasteiger partial charge is 0.347 e. The fourth-order valence-electron chi connectivity index (χ4n) is 0.675. The Morgan fingerprint density at radius 1 is 1.67 bits per heavy atom. The standard InChI is InChI=1S/C6H11N3O2S/c1-2-12(10,11)9-5-6-7-3-4-8-6/h3-4,9H,2,5H2,1H3,(H,7,8). The Bertz CT molecular complexity index is 317. The lowest BCUT2D eigenvalue weighted by Crippen LogP contribution is -2.25. The third-order valence-corrected chi connectivity index (χ3v) is 2.74. The van der Waals surface area contributed by atoms with Crippen LogP contribution in [0.2, 0.25) is 0 Å². The highest BCUT2D eigenvalue weighted by Crippen LogP contribution is 1.89. The maximum atomic E-state index is 10.9. The Hall–Kier alpha value is -0.880. The molecule has 0 unspecified atom stereocenters. The van der Waals surface area contributed by atoms with Gasteiger partial charge in [0.25, 0.3) is 0 Å². The number of hydrogen-bond donors (Lipinski definition) is 2. The van der Waals surface area contributed by atoms with Crippen molar-refractivity contribution in [3.8, 4) is 0 Å². The van der Waals surface area contributed by atoms with Crippen molar-refractivity contribution in [2.75, 3.05) is 5.75 Å². The van der Waals surface area contributed by atoms with E-state index in [2.05, 4.69) is 14.7 Å². The summed E-state index contributed by atoms with van der Waals surface area (Å²) in [6.45, 7) is 1.81. The fraction of sp³-hybridized carbons (Fsp3) is 0.500. The second kappa shape index (κ2) is 3.68. The maximum Gasteiger partial charge on any atom is 0.211 e. The molecule has 1 aromatic rings. The smallest absolute Gasteiger partial charge is 0.211 e. The van der Waals surface area contributed by atoms with Crippen LogP contribution in [0.5, 0.6) is 0 Å². The summed E-state index contributed by atoms with van der Waals surface area (Å²) < 4.78 is 24.3. The molecule has 12 heavy (non-hydrogen) atoms. The summed E-state index contributed by atoms with van der Waals surface area (Å²) in [4.78, 5) is 6.67. The monoisotopic (exact) mass is 189 g/mol. The molecule has 6 heteroatoms. The molecule has 0 bridgehead atoms. The van der Waals surface area contributed by atoms with E-state index in [1.807, 2.05) is 0 Å². The minimum absolute atomic E-state index is 0.0910. The summed E-state index contributed by atoms with van der Waals surface area (Å²) in [5, 5.41) is 0. The minimum Gasteiger partial charge on any atom is -0.347 e. The molecule has 1 rings (SSSR count). The number of nitrogens with one attached hydrogen (secondary N) is 2. The summed E-state index contributed by atoms with van der Waals surface area (Å²) in [6, 6.07) is 0. The van der Waals surface area contributed by atoms with Crippen LogP contribution < -0.4 is 4.72 Å². The van der Waals surface area contributed by atoms with E-state index in [0.29, 0.717) is 5.82 Å². The second-order valence-electron chi connectivity index (χ2n) is 2.26. The highest BCUT2D eigenvalue weighted by molar-refractivity contribution is 7.89. The van der Waals surface area contributed by atoms with Crippen molar-refractivity contribution in [1.29, 1.82) is 0 Å². The molecule has 1 aromatic heterocycles. The average molecular weight is 189 g/mol. The summed E-state index contributed by atoms with van der Waals surface area (Å²) >= 11 is 0. The van der Waals surface area contributed by atoms with Crippen LogP contribution in [0.15, 0.2) is 12.4 Å². The normalized spacial score (nSPS) is 11.8. The molecule has 0 spiro atoms. The number of aromatic nitrogens is 2. The van der Waals surface area contributed by atoms with Crippen LogP contribution in [-0.2, 0) is 16.6 Å². The van der Waals surface area contributed by atoms with Gasteiger partial charge in [0.1, 0.15) is 5.82 Å². The van der Waals surface area contributed by atoms with Crippen LogP contribution in [0.4, 0.5) is 0 Å². The summed E-state index contributed by atoms with van der Waals surface area (Å²) in [5.74, 6) is 0.709. The van der Waals surface area contributed by atoms with Crippen LogP contribution in [0.1, 0.15) is 12.7 Å². The minimum atomic E-state index is -3.11. The molecule has 0 saturated heterocycles. The van der Waals surface area contributed by atoms with E-state index in [9.17, 15) is 8.42 Å². The molecule has 0 fully saturated rings. The van der Waals surface area contributed by atoms with Crippen molar-refractivity contribution in [1.82, 2.24) is 14.7 Å². The average Bonchev–Trinajstić information content (AvgIpc) is 2.53. The van der Waals surface area contributed by atoms with Crippen LogP contribution in [-0.4, -0.2) is 24.1 Å². The third kappa shape index (κ3) is 2.63. The van der Waals surface area contributed by atoms with Crippen molar-refractivity contribution >= 4 is 10.0 Å². The Morgan fingerprint density at radius 3 is 2.92 bits per heavy atom. The predicted molar refractivity (Wildman–Crippen MR) is 44.9 cm³/mol. The van der Waals surface area contributed by atoms with Crippen LogP contribution in [0.25, 0.3) is 0 Å². The van der Waals surface area contributed by atoms with Gasteiger partial charge in [0.2, 0.25) is 10.0 Å². The van der Waals surface area contributed by atoms with Crippen molar-refractivity contribution in [3.05, 3.63) is 18.2 Å².